The predicted octanol–water partition coefficient (Wildman–Crippen LogP) is 0.162. The van der Waals surface area contributed by atoms with Crippen LogP contribution in [0, 0.1) is 0 Å². The number of aromatic nitrogens is 3. The number of nitrogens with two attached hydrogens (primary N) is 1. The summed E-state index contributed by atoms with van der Waals surface area (Å²) in [5.41, 5.74) is 5.31. The van der Waals surface area contributed by atoms with E-state index in [-0.39, 0.29) is 0 Å². The van der Waals surface area contributed by atoms with Crippen molar-refractivity contribution in [3.63, 3.8) is 0 Å². The van der Waals surface area contributed by atoms with E-state index in [1.807, 2.05) is 6.26 Å². The molecule has 4 N–H and O–H groups in total. The minimum Gasteiger partial charge on any atom is -0.368 e. The van der Waals surface area contributed by atoms with E-state index in [0.29, 0.717) is 11.9 Å². The van der Waals surface area contributed by atoms with Crippen molar-refractivity contribution in [2.75, 3.05) is 29.6 Å². The molecule has 0 amide bonds. The van der Waals surface area contributed by atoms with Crippen molar-refractivity contribution in [3.05, 3.63) is 0 Å². The van der Waals surface area contributed by atoms with E-state index < -0.39 is 0 Å². The van der Waals surface area contributed by atoms with Gasteiger partial charge in [0.05, 0.1) is 0 Å². The van der Waals surface area contributed by atoms with Crippen LogP contribution in [0.4, 0.5) is 11.9 Å². The molecule has 1 heterocycles. The fourth-order valence-electron chi connectivity index (χ4n) is 0.618. The second-order valence-electron chi connectivity index (χ2n) is 1.96. The number of nitrogen functional groups attached to an aromatic ring is 1. The van der Waals surface area contributed by atoms with Crippen molar-refractivity contribution < 1.29 is 0 Å². The van der Waals surface area contributed by atoms with Crippen LogP contribution in [0.1, 0.15) is 0 Å². The Kier molecular flexibility index (Phi) is 3.03. The van der Waals surface area contributed by atoms with Gasteiger partial charge in [0.15, 0.2) is 0 Å². The zero-order valence-electron chi connectivity index (χ0n) is 6.29. The number of nitrogens with one attached hydrogen (secondary N) is 2. The maximum atomic E-state index is 5.31. The average Bonchev–Trinajstić information content (AvgIpc) is 2.37. The third kappa shape index (κ3) is 2.67. The Bertz CT molecular complexity index is 210. The predicted molar refractivity (Wildman–Crippen MR) is 47.7 cm³/mol. The molecule has 0 aliphatic heterocycles. The molecule has 6 heteroatoms. The lowest BCUT2D eigenvalue weighted by Gasteiger charge is -1.96. The molecular weight excluding hydrogens is 162 g/mol. The quantitative estimate of drug-likeness (QED) is 0.565. The maximum Gasteiger partial charge on any atom is 0.243 e. The molecule has 62 valence electrons. The highest BCUT2D eigenvalue weighted by molar-refractivity contribution is 7.98. The molecule has 1 rings (SSSR count). The monoisotopic (exact) mass is 173 g/mol. The molecule has 0 atom stereocenters. The van der Waals surface area contributed by atoms with Gasteiger partial charge in [-0.2, -0.15) is 16.7 Å². The number of anilines is 2. The first-order valence-corrected chi connectivity index (χ1v) is 4.63. The highest BCUT2D eigenvalue weighted by Crippen LogP contribution is 1.98. The minimum atomic E-state index is 0.344. The fourth-order valence-corrected chi connectivity index (χ4v) is 0.924. The summed E-state index contributed by atoms with van der Waals surface area (Å²) >= 11 is 1.77. The van der Waals surface area contributed by atoms with Crippen molar-refractivity contribution in [1.82, 2.24) is 15.2 Å². The molecule has 5 nitrogen and oxygen atoms in total. The lowest BCUT2D eigenvalue weighted by Crippen LogP contribution is -2.04. The van der Waals surface area contributed by atoms with Gasteiger partial charge >= 0.3 is 0 Å². The summed E-state index contributed by atoms with van der Waals surface area (Å²) in [5.74, 6) is 1.95. The van der Waals surface area contributed by atoms with Crippen LogP contribution in [-0.4, -0.2) is 33.7 Å². The summed E-state index contributed by atoms with van der Waals surface area (Å²) in [5, 5.41) is 9.36. The van der Waals surface area contributed by atoms with Crippen LogP contribution in [0.5, 0.6) is 0 Å². The fraction of sp³-hybridized carbons (Fsp3) is 0.600. The standard InChI is InChI=1S/C5H11N5S/c1-11-3-2-7-5-8-4(6)9-10-5/h2-3H2,1H3,(H4,6,7,8,9,10). The summed E-state index contributed by atoms with van der Waals surface area (Å²) in [6, 6.07) is 0. The van der Waals surface area contributed by atoms with Crippen molar-refractivity contribution in [1.29, 1.82) is 0 Å². The third-order valence-electron chi connectivity index (χ3n) is 1.09. The topological polar surface area (TPSA) is 79.6 Å². The third-order valence-corrected chi connectivity index (χ3v) is 1.70. The highest BCUT2D eigenvalue weighted by Gasteiger charge is 1.96. The van der Waals surface area contributed by atoms with Gasteiger partial charge in [-0.05, 0) is 6.26 Å². The van der Waals surface area contributed by atoms with Crippen LogP contribution in [0.15, 0.2) is 0 Å². The first-order chi connectivity index (χ1) is 5.33. The first-order valence-electron chi connectivity index (χ1n) is 3.23. The summed E-state index contributed by atoms with van der Waals surface area (Å²) in [6.07, 6.45) is 2.05. The summed E-state index contributed by atoms with van der Waals surface area (Å²) in [6.45, 7) is 0.860. The lowest BCUT2D eigenvalue weighted by atomic mass is 10.7. The average molecular weight is 173 g/mol. The SMILES string of the molecule is CSCCNc1n[nH]c(N)n1. The van der Waals surface area contributed by atoms with Crippen LogP contribution in [0.3, 0.4) is 0 Å². The maximum absolute atomic E-state index is 5.31. The van der Waals surface area contributed by atoms with Crippen LogP contribution in [-0.2, 0) is 0 Å². The van der Waals surface area contributed by atoms with E-state index in [1.165, 1.54) is 0 Å². The molecule has 0 spiro atoms. The van der Waals surface area contributed by atoms with Crippen LogP contribution < -0.4 is 11.1 Å². The van der Waals surface area contributed by atoms with Gasteiger partial charge in [-0.25, -0.2) is 5.10 Å². The van der Waals surface area contributed by atoms with Crippen molar-refractivity contribution in [2.24, 2.45) is 0 Å². The van der Waals surface area contributed by atoms with Crippen LogP contribution in [0.25, 0.3) is 0 Å². The van der Waals surface area contributed by atoms with E-state index in [4.69, 9.17) is 5.73 Å². The van der Waals surface area contributed by atoms with Crippen LogP contribution in [0.2, 0.25) is 0 Å². The molecule has 0 saturated carbocycles. The Hall–Kier alpha value is -0.910. The molecule has 0 aliphatic rings. The Balaban J connectivity index is 2.27. The number of hydrogen-bond acceptors (Lipinski definition) is 5. The van der Waals surface area contributed by atoms with E-state index in [9.17, 15) is 0 Å². The summed E-state index contributed by atoms with van der Waals surface area (Å²) < 4.78 is 0. The summed E-state index contributed by atoms with van der Waals surface area (Å²) in [7, 11) is 0. The van der Waals surface area contributed by atoms with Gasteiger partial charge in [-0.15, -0.1) is 5.10 Å². The number of thioether (sulfide) groups is 1. The van der Waals surface area contributed by atoms with E-state index in [0.717, 1.165) is 12.3 Å². The van der Waals surface area contributed by atoms with Gasteiger partial charge in [0.2, 0.25) is 11.9 Å². The van der Waals surface area contributed by atoms with Gasteiger partial charge in [-0.1, -0.05) is 0 Å². The number of hydrogen-bond donors (Lipinski definition) is 3. The number of H-pyrrole nitrogens is 1. The molecular formula is C5H11N5S. The Labute approximate surface area is 69.2 Å². The molecule has 0 unspecified atom stereocenters. The molecule has 1 aromatic rings. The Morgan fingerprint density at radius 3 is 3.09 bits per heavy atom. The molecule has 0 aromatic carbocycles. The summed E-state index contributed by atoms with van der Waals surface area (Å²) in [4.78, 5) is 3.87. The van der Waals surface area contributed by atoms with E-state index in [1.54, 1.807) is 11.8 Å². The zero-order valence-corrected chi connectivity index (χ0v) is 7.11. The molecule has 0 radical (unpaired) electrons. The second kappa shape index (κ2) is 4.07. The Morgan fingerprint density at radius 1 is 1.73 bits per heavy atom. The lowest BCUT2D eigenvalue weighted by molar-refractivity contribution is 1.07. The van der Waals surface area contributed by atoms with Gasteiger partial charge < -0.3 is 11.1 Å². The Morgan fingerprint density at radius 2 is 2.55 bits per heavy atom. The van der Waals surface area contributed by atoms with Crippen molar-refractivity contribution in [2.45, 2.75) is 0 Å². The number of rotatable bonds is 4. The normalized spacial score (nSPS) is 9.91. The van der Waals surface area contributed by atoms with Crippen LogP contribution >= 0.6 is 11.8 Å². The highest BCUT2D eigenvalue weighted by atomic mass is 32.2. The van der Waals surface area contributed by atoms with Crippen molar-refractivity contribution in [3.8, 4) is 0 Å². The molecule has 0 bridgehead atoms. The van der Waals surface area contributed by atoms with Crippen molar-refractivity contribution >= 4 is 23.7 Å². The van der Waals surface area contributed by atoms with E-state index >= 15 is 0 Å². The first kappa shape index (κ1) is 8.19. The molecule has 0 fully saturated rings. The largest absolute Gasteiger partial charge is 0.368 e. The smallest absolute Gasteiger partial charge is 0.243 e. The molecule has 1 aromatic heterocycles. The molecule has 11 heavy (non-hydrogen) atoms. The molecule has 0 saturated heterocycles. The number of aromatic amines is 1. The van der Waals surface area contributed by atoms with E-state index in [2.05, 4.69) is 20.5 Å². The van der Waals surface area contributed by atoms with Gasteiger partial charge in [0.1, 0.15) is 0 Å². The number of nitrogens with zero attached hydrogens (tertiary/aromatic N) is 2. The van der Waals surface area contributed by atoms with Gasteiger partial charge in [0, 0.05) is 12.3 Å². The molecule has 0 aliphatic carbocycles. The van der Waals surface area contributed by atoms with Gasteiger partial charge in [-0.3, -0.25) is 0 Å². The second-order valence-corrected chi connectivity index (χ2v) is 2.95. The zero-order chi connectivity index (χ0) is 8.10. The minimum absolute atomic E-state index is 0.344. The van der Waals surface area contributed by atoms with Gasteiger partial charge in [0.25, 0.3) is 0 Å².